The Morgan fingerprint density at radius 1 is 0.762 bits per heavy atom. The number of hydrogen-bond donors (Lipinski definition) is 0. The van der Waals surface area contributed by atoms with Crippen LogP contribution in [0.5, 0.6) is 0 Å². The summed E-state index contributed by atoms with van der Waals surface area (Å²) in [6, 6.07) is 19.0. The van der Waals surface area contributed by atoms with Gasteiger partial charge in [-0.1, -0.05) is 48.5 Å². The Hall–Kier alpha value is -2.62. The third-order valence-corrected chi connectivity index (χ3v) is 3.59. The molecule has 0 N–H and O–H groups in total. The highest BCUT2D eigenvalue weighted by Crippen LogP contribution is 2.18. The van der Waals surface area contributed by atoms with Gasteiger partial charge in [0.1, 0.15) is 0 Å². The van der Waals surface area contributed by atoms with E-state index in [4.69, 9.17) is 0 Å². The summed E-state index contributed by atoms with van der Waals surface area (Å²) in [5.41, 5.74) is 1.81. The second-order valence-electron chi connectivity index (χ2n) is 5.00. The summed E-state index contributed by atoms with van der Waals surface area (Å²) in [6.07, 6.45) is 0. The summed E-state index contributed by atoms with van der Waals surface area (Å²) >= 11 is 0. The number of benzene rings is 2. The van der Waals surface area contributed by atoms with E-state index in [9.17, 15) is 9.59 Å². The summed E-state index contributed by atoms with van der Waals surface area (Å²) in [6.45, 7) is 1.56. The summed E-state index contributed by atoms with van der Waals surface area (Å²) in [7, 11) is 0. The molecular weight excluding hydrogens is 264 g/mol. The molecule has 1 fully saturated rings. The number of carbonyl (C=O) groups excluding carboxylic acids is 2. The Bertz CT molecular complexity index is 640. The quantitative estimate of drug-likeness (QED) is 0.807. The maximum atomic E-state index is 12.3. The van der Waals surface area contributed by atoms with Gasteiger partial charge < -0.3 is 9.80 Å². The fourth-order valence-corrected chi connectivity index (χ4v) is 2.48. The van der Waals surface area contributed by atoms with Gasteiger partial charge in [-0.3, -0.25) is 9.59 Å². The van der Waals surface area contributed by atoms with Gasteiger partial charge in [-0.2, -0.15) is 0 Å². The molecule has 0 aromatic heterocycles. The minimum absolute atomic E-state index is 0.436. The lowest BCUT2D eigenvalue weighted by Crippen LogP contribution is -2.54. The second-order valence-corrected chi connectivity index (χ2v) is 5.00. The highest BCUT2D eigenvalue weighted by molar-refractivity contribution is 6.40. The third-order valence-electron chi connectivity index (χ3n) is 3.59. The lowest BCUT2D eigenvalue weighted by Gasteiger charge is -2.33. The summed E-state index contributed by atoms with van der Waals surface area (Å²) < 4.78 is 0. The zero-order valence-corrected chi connectivity index (χ0v) is 11.6. The molecule has 0 aliphatic carbocycles. The SMILES string of the molecule is O=C1C(=O)N(c2ccccc2)CCN1Cc1ccccc1. The fourth-order valence-electron chi connectivity index (χ4n) is 2.48. The molecule has 2 amide bonds. The van der Waals surface area contributed by atoms with Gasteiger partial charge in [-0.25, -0.2) is 0 Å². The Morgan fingerprint density at radius 3 is 2.05 bits per heavy atom. The molecule has 106 valence electrons. The molecule has 21 heavy (non-hydrogen) atoms. The number of nitrogens with zero attached hydrogens (tertiary/aromatic N) is 2. The van der Waals surface area contributed by atoms with E-state index in [0.29, 0.717) is 19.6 Å². The van der Waals surface area contributed by atoms with Gasteiger partial charge in [-0.05, 0) is 17.7 Å². The number of rotatable bonds is 3. The minimum Gasteiger partial charge on any atom is -0.328 e. The van der Waals surface area contributed by atoms with Gasteiger partial charge in [0.05, 0.1) is 0 Å². The molecule has 0 radical (unpaired) electrons. The average molecular weight is 280 g/mol. The molecule has 1 heterocycles. The molecule has 1 aliphatic heterocycles. The highest BCUT2D eigenvalue weighted by atomic mass is 16.2. The number of amides is 2. The summed E-state index contributed by atoms with van der Waals surface area (Å²) in [5.74, 6) is -0.891. The fraction of sp³-hybridized carbons (Fsp3) is 0.176. The van der Waals surface area contributed by atoms with Gasteiger partial charge in [-0.15, -0.1) is 0 Å². The third kappa shape index (κ3) is 2.79. The van der Waals surface area contributed by atoms with Crippen LogP contribution in [-0.4, -0.2) is 29.8 Å². The largest absolute Gasteiger partial charge is 0.328 e. The van der Waals surface area contributed by atoms with Crippen LogP contribution < -0.4 is 4.90 Å². The first kappa shape index (κ1) is 13.4. The highest BCUT2D eigenvalue weighted by Gasteiger charge is 2.33. The molecule has 2 aromatic carbocycles. The first-order chi connectivity index (χ1) is 10.3. The lowest BCUT2D eigenvalue weighted by molar-refractivity contribution is -0.146. The van der Waals surface area contributed by atoms with Crippen LogP contribution in [0.2, 0.25) is 0 Å². The normalized spacial score (nSPS) is 15.4. The smallest absolute Gasteiger partial charge is 0.316 e. The van der Waals surface area contributed by atoms with Gasteiger partial charge in [0.2, 0.25) is 0 Å². The average Bonchev–Trinajstić information content (AvgIpc) is 2.54. The monoisotopic (exact) mass is 280 g/mol. The Labute approximate surface area is 123 Å². The summed E-state index contributed by atoms with van der Waals surface area (Å²) in [5, 5.41) is 0. The van der Waals surface area contributed by atoms with E-state index in [1.807, 2.05) is 60.7 Å². The zero-order valence-electron chi connectivity index (χ0n) is 11.6. The molecule has 0 unspecified atom stereocenters. The minimum atomic E-state index is -0.455. The molecule has 1 saturated heterocycles. The molecule has 3 rings (SSSR count). The van der Waals surface area contributed by atoms with Crippen molar-refractivity contribution in [3.05, 3.63) is 66.2 Å². The number of para-hydroxylation sites is 1. The van der Waals surface area contributed by atoms with Crippen LogP contribution in [0.1, 0.15) is 5.56 Å². The van der Waals surface area contributed by atoms with Crippen molar-refractivity contribution >= 4 is 17.5 Å². The van der Waals surface area contributed by atoms with Crippen molar-refractivity contribution in [3.63, 3.8) is 0 Å². The van der Waals surface area contributed by atoms with Crippen LogP contribution in [0.4, 0.5) is 5.69 Å². The van der Waals surface area contributed by atoms with Crippen molar-refractivity contribution in [1.29, 1.82) is 0 Å². The van der Waals surface area contributed by atoms with Gasteiger partial charge in [0, 0.05) is 25.3 Å². The van der Waals surface area contributed by atoms with Gasteiger partial charge >= 0.3 is 11.8 Å². The molecule has 0 bridgehead atoms. The molecule has 4 nitrogen and oxygen atoms in total. The van der Waals surface area contributed by atoms with Crippen molar-refractivity contribution in [2.45, 2.75) is 6.54 Å². The van der Waals surface area contributed by atoms with Crippen molar-refractivity contribution in [2.24, 2.45) is 0 Å². The van der Waals surface area contributed by atoms with Crippen LogP contribution in [0, 0.1) is 0 Å². The molecule has 0 atom stereocenters. The Balaban J connectivity index is 1.73. The molecule has 1 aliphatic rings. The molecular formula is C17H16N2O2. The number of hydrogen-bond acceptors (Lipinski definition) is 2. The standard InChI is InChI=1S/C17H16N2O2/c20-16-17(21)19(15-9-5-2-6-10-15)12-11-18(16)13-14-7-3-1-4-8-14/h1-10H,11-13H2. The van der Waals surface area contributed by atoms with Gasteiger partial charge in [0.15, 0.2) is 0 Å². The van der Waals surface area contributed by atoms with E-state index in [2.05, 4.69) is 0 Å². The van der Waals surface area contributed by atoms with Crippen LogP contribution in [0.15, 0.2) is 60.7 Å². The van der Waals surface area contributed by atoms with E-state index in [0.717, 1.165) is 11.3 Å². The van der Waals surface area contributed by atoms with Crippen LogP contribution in [0.25, 0.3) is 0 Å². The molecule has 0 saturated carbocycles. The van der Waals surface area contributed by atoms with Crippen molar-refractivity contribution in [1.82, 2.24) is 4.90 Å². The van der Waals surface area contributed by atoms with Crippen LogP contribution >= 0.6 is 0 Å². The van der Waals surface area contributed by atoms with Crippen molar-refractivity contribution in [2.75, 3.05) is 18.0 Å². The number of piperazine rings is 1. The Kier molecular flexibility index (Phi) is 3.69. The lowest BCUT2D eigenvalue weighted by atomic mass is 10.2. The molecule has 0 spiro atoms. The Morgan fingerprint density at radius 2 is 1.38 bits per heavy atom. The predicted octanol–water partition coefficient (Wildman–Crippen LogP) is 2.06. The maximum absolute atomic E-state index is 12.3. The maximum Gasteiger partial charge on any atom is 0.316 e. The van der Waals surface area contributed by atoms with Crippen LogP contribution in [0.3, 0.4) is 0 Å². The molecule has 4 heteroatoms. The topological polar surface area (TPSA) is 40.6 Å². The first-order valence-corrected chi connectivity index (χ1v) is 6.95. The number of carbonyl (C=O) groups is 2. The second kappa shape index (κ2) is 5.79. The first-order valence-electron chi connectivity index (χ1n) is 6.95. The number of anilines is 1. The van der Waals surface area contributed by atoms with Crippen molar-refractivity contribution < 1.29 is 9.59 Å². The van der Waals surface area contributed by atoms with E-state index in [1.165, 1.54) is 0 Å². The van der Waals surface area contributed by atoms with E-state index in [-0.39, 0.29) is 0 Å². The summed E-state index contributed by atoms with van der Waals surface area (Å²) in [4.78, 5) is 27.7. The van der Waals surface area contributed by atoms with Crippen molar-refractivity contribution in [3.8, 4) is 0 Å². The van der Waals surface area contributed by atoms with E-state index in [1.54, 1.807) is 9.80 Å². The van der Waals surface area contributed by atoms with Gasteiger partial charge in [0.25, 0.3) is 0 Å². The van der Waals surface area contributed by atoms with E-state index < -0.39 is 11.8 Å². The van der Waals surface area contributed by atoms with Crippen LogP contribution in [-0.2, 0) is 16.1 Å². The zero-order chi connectivity index (χ0) is 14.7. The molecule has 2 aromatic rings. The van der Waals surface area contributed by atoms with E-state index >= 15 is 0 Å². The predicted molar refractivity (Wildman–Crippen MR) is 80.7 cm³/mol.